The van der Waals surface area contributed by atoms with Gasteiger partial charge in [-0.3, -0.25) is 0 Å². The van der Waals surface area contributed by atoms with Crippen LogP contribution in [0.4, 0.5) is 0 Å². The second-order valence-electron chi connectivity index (χ2n) is 7.27. The number of allylic oxidation sites excluding steroid dienone is 4. The van der Waals surface area contributed by atoms with Crippen LogP contribution >= 0.6 is 0 Å². The van der Waals surface area contributed by atoms with E-state index in [1.807, 2.05) is 0 Å². The summed E-state index contributed by atoms with van der Waals surface area (Å²) in [4.78, 5) is 0. The Labute approximate surface area is 101 Å². The average Bonchev–Trinajstić information content (AvgIpc) is 2.15. The van der Waals surface area contributed by atoms with Gasteiger partial charge in [0, 0.05) is 0 Å². The Balaban J connectivity index is 2.54. The monoisotopic (exact) mass is 218 g/mol. The Kier molecular flexibility index (Phi) is 2.42. The first kappa shape index (κ1) is 12.0. The second kappa shape index (κ2) is 3.24. The summed E-state index contributed by atoms with van der Waals surface area (Å²) in [5, 5.41) is 0. The van der Waals surface area contributed by atoms with Gasteiger partial charge in [-0.1, -0.05) is 64.8 Å². The van der Waals surface area contributed by atoms with Crippen LogP contribution in [-0.2, 0) is 0 Å². The molecule has 0 bridgehead atoms. The molecule has 0 fully saturated rings. The van der Waals surface area contributed by atoms with E-state index in [0.29, 0.717) is 16.2 Å². The van der Waals surface area contributed by atoms with Gasteiger partial charge < -0.3 is 0 Å². The molecule has 2 rings (SSSR count). The van der Waals surface area contributed by atoms with Crippen LogP contribution in [0.25, 0.3) is 0 Å². The smallest absolute Gasteiger partial charge is 0.00824 e. The minimum absolute atomic E-state index is 0.328. The lowest BCUT2D eigenvalue weighted by Gasteiger charge is -2.58. The van der Waals surface area contributed by atoms with Crippen LogP contribution in [0.15, 0.2) is 23.3 Å². The maximum atomic E-state index is 2.45. The highest BCUT2D eigenvalue weighted by molar-refractivity contribution is 5.35. The van der Waals surface area contributed by atoms with Gasteiger partial charge in [0.25, 0.3) is 0 Å². The van der Waals surface area contributed by atoms with Gasteiger partial charge >= 0.3 is 0 Å². The molecule has 0 aromatic rings. The normalized spacial score (nSPS) is 30.1. The molecule has 0 unspecified atom stereocenters. The van der Waals surface area contributed by atoms with E-state index in [9.17, 15) is 0 Å². The van der Waals surface area contributed by atoms with Gasteiger partial charge in [0.15, 0.2) is 0 Å². The predicted octanol–water partition coefficient (Wildman–Crippen LogP) is 5.12. The summed E-state index contributed by atoms with van der Waals surface area (Å²) in [6.45, 7) is 14.7. The van der Waals surface area contributed by atoms with Crippen LogP contribution < -0.4 is 0 Å². The zero-order chi connectivity index (χ0) is 12.2. The van der Waals surface area contributed by atoms with E-state index in [1.165, 1.54) is 19.3 Å². The summed E-state index contributed by atoms with van der Waals surface area (Å²) in [7, 11) is 0. The summed E-state index contributed by atoms with van der Waals surface area (Å²) in [6, 6.07) is 0. The molecule has 0 heterocycles. The Morgan fingerprint density at radius 3 is 2.06 bits per heavy atom. The van der Waals surface area contributed by atoms with E-state index in [1.54, 1.807) is 11.1 Å². The second-order valence-corrected chi connectivity index (χ2v) is 7.27. The van der Waals surface area contributed by atoms with Gasteiger partial charge in [0.05, 0.1) is 0 Å². The average molecular weight is 218 g/mol. The molecule has 0 aromatic carbocycles. The van der Waals surface area contributed by atoms with Gasteiger partial charge in [0.2, 0.25) is 0 Å². The number of hydrogen-bond donors (Lipinski definition) is 0. The summed E-state index contributed by atoms with van der Waals surface area (Å²) in [5.41, 5.74) is 4.54. The van der Waals surface area contributed by atoms with Crippen molar-refractivity contribution < 1.29 is 0 Å². The van der Waals surface area contributed by atoms with E-state index in [0.717, 1.165) is 0 Å². The van der Waals surface area contributed by atoms with Crippen LogP contribution in [0.1, 0.15) is 60.8 Å². The molecule has 0 nitrogen and oxygen atoms in total. The molecule has 0 heteroatoms. The fourth-order valence-corrected chi connectivity index (χ4v) is 3.55. The lowest BCUT2D eigenvalue weighted by Crippen LogP contribution is -2.49. The van der Waals surface area contributed by atoms with Crippen LogP contribution in [-0.4, -0.2) is 0 Å². The van der Waals surface area contributed by atoms with Crippen molar-refractivity contribution in [3.63, 3.8) is 0 Å². The maximum absolute atomic E-state index is 2.45. The molecule has 90 valence electrons. The molecule has 0 saturated carbocycles. The lowest BCUT2D eigenvalue weighted by molar-refractivity contribution is -0.0128. The molecule has 0 N–H and O–H groups in total. The first-order valence-electron chi connectivity index (χ1n) is 6.56. The van der Waals surface area contributed by atoms with Gasteiger partial charge in [-0.15, -0.1) is 0 Å². The van der Waals surface area contributed by atoms with Crippen molar-refractivity contribution in [3.05, 3.63) is 23.3 Å². The number of rotatable bonds is 0. The van der Waals surface area contributed by atoms with Crippen LogP contribution in [0.2, 0.25) is 0 Å². The fourth-order valence-electron chi connectivity index (χ4n) is 3.55. The van der Waals surface area contributed by atoms with Crippen molar-refractivity contribution in [2.45, 2.75) is 60.8 Å². The third kappa shape index (κ3) is 1.35. The summed E-state index contributed by atoms with van der Waals surface area (Å²) in [6.07, 6.45) is 8.36. The van der Waals surface area contributed by atoms with E-state index in [2.05, 4.69) is 53.7 Å². The molecule has 0 aromatic heterocycles. The third-order valence-corrected chi connectivity index (χ3v) is 5.94. The van der Waals surface area contributed by atoms with Gasteiger partial charge in [0.1, 0.15) is 0 Å². The fraction of sp³-hybridized carbons (Fsp3) is 0.750. The Morgan fingerprint density at radius 1 is 0.875 bits per heavy atom. The van der Waals surface area contributed by atoms with Crippen LogP contribution in [0.5, 0.6) is 0 Å². The highest BCUT2D eigenvalue weighted by Gasteiger charge is 2.53. The first-order valence-corrected chi connectivity index (χ1v) is 6.56. The molecule has 2 aliphatic rings. The Hall–Kier alpha value is -0.520. The highest BCUT2D eigenvalue weighted by atomic mass is 14.6. The van der Waals surface area contributed by atoms with Crippen molar-refractivity contribution in [3.8, 4) is 0 Å². The van der Waals surface area contributed by atoms with Crippen molar-refractivity contribution in [2.24, 2.45) is 16.2 Å². The molecule has 0 saturated heterocycles. The molecule has 0 atom stereocenters. The minimum Gasteiger partial charge on any atom is -0.0841 e. The molecule has 0 aliphatic heterocycles. The zero-order valence-corrected chi connectivity index (χ0v) is 11.8. The largest absolute Gasteiger partial charge is 0.0841 e. The summed E-state index contributed by atoms with van der Waals surface area (Å²) < 4.78 is 0. The van der Waals surface area contributed by atoms with Crippen LogP contribution in [0, 0.1) is 16.2 Å². The predicted molar refractivity (Wildman–Crippen MR) is 71.4 cm³/mol. The molecule has 16 heavy (non-hydrogen) atoms. The topological polar surface area (TPSA) is 0 Å². The van der Waals surface area contributed by atoms with E-state index < -0.39 is 0 Å². The van der Waals surface area contributed by atoms with Gasteiger partial charge in [-0.25, -0.2) is 0 Å². The van der Waals surface area contributed by atoms with Crippen molar-refractivity contribution in [1.29, 1.82) is 0 Å². The van der Waals surface area contributed by atoms with Gasteiger partial charge in [-0.05, 0) is 35.5 Å². The first-order chi connectivity index (χ1) is 7.20. The molecule has 0 radical (unpaired) electrons. The van der Waals surface area contributed by atoms with E-state index >= 15 is 0 Å². The summed E-state index contributed by atoms with van der Waals surface area (Å²) in [5.74, 6) is 0. The number of hydrogen-bond acceptors (Lipinski definition) is 0. The highest BCUT2D eigenvalue weighted by Crippen LogP contribution is 2.62. The van der Waals surface area contributed by atoms with Crippen LogP contribution in [0.3, 0.4) is 0 Å². The third-order valence-electron chi connectivity index (χ3n) is 5.94. The zero-order valence-electron chi connectivity index (χ0n) is 11.8. The Morgan fingerprint density at radius 2 is 1.44 bits per heavy atom. The quantitative estimate of drug-likeness (QED) is 0.495. The SMILES string of the molecule is CC1(C)CC2=C(CC=CC2)C(C)(C)C1(C)C. The van der Waals surface area contributed by atoms with Gasteiger partial charge in [-0.2, -0.15) is 0 Å². The summed E-state index contributed by atoms with van der Waals surface area (Å²) >= 11 is 0. The molecular weight excluding hydrogens is 192 g/mol. The molecule has 0 amide bonds. The Bertz CT molecular complexity index is 361. The van der Waals surface area contributed by atoms with E-state index in [4.69, 9.17) is 0 Å². The minimum atomic E-state index is 0.328. The van der Waals surface area contributed by atoms with E-state index in [-0.39, 0.29) is 0 Å². The lowest BCUT2D eigenvalue weighted by atomic mass is 9.46. The molecule has 0 spiro atoms. The van der Waals surface area contributed by atoms with Crippen molar-refractivity contribution in [1.82, 2.24) is 0 Å². The molecule has 2 aliphatic carbocycles. The molecular formula is C16H26. The van der Waals surface area contributed by atoms with Crippen molar-refractivity contribution in [2.75, 3.05) is 0 Å². The maximum Gasteiger partial charge on any atom is -0.00824 e. The standard InChI is InChI=1S/C16H26/c1-14(2)11-12-9-7-8-10-13(12)15(3,4)16(14,5)6/h7-8H,9-11H2,1-6H3. The van der Waals surface area contributed by atoms with Crippen molar-refractivity contribution >= 4 is 0 Å².